The van der Waals surface area contributed by atoms with Crippen LogP contribution in [0.2, 0.25) is 5.02 Å². The van der Waals surface area contributed by atoms with Crippen LogP contribution >= 0.6 is 11.6 Å². The highest BCUT2D eigenvalue weighted by molar-refractivity contribution is 6.31. The van der Waals surface area contributed by atoms with Crippen molar-refractivity contribution in [3.05, 3.63) is 34.1 Å². The second-order valence-corrected chi connectivity index (χ2v) is 5.20. The van der Waals surface area contributed by atoms with Crippen LogP contribution in [-0.4, -0.2) is 25.9 Å². The first-order valence-electron chi connectivity index (χ1n) is 7.01. The van der Waals surface area contributed by atoms with E-state index in [-0.39, 0.29) is 0 Å². The summed E-state index contributed by atoms with van der Waals surface area (Å²) in [6.45, 7) is 11.4. The summed E-state index contributed by atoms with van der Waals surface area (Å²) in [5.74, 6) is 0.996. The van der Waals surface area contributed by atoms with Crippen molar-refractivity contribution >= 4 is 11.6 Å². The van der Waals surface area contributed by atoms with E-state index >= 15 is 0 Å². The van der Waals surface area contributed by atoms with Gasteiger partial charge in [0.05, 0.1) is 28.6 Å². The number of halogens is 1. The number of nitrogens with one attached hydrogen (secondary N) is 1. The molecule has 0 fully saturated rings. The summed E-state index contributed by atoms with van der Waals surface area (Å²) in [6, 6.07) is 0. The smallest absolute Gasteiger partial charge is 0.106 e. The fourth-order valence-corrected chi connectivity index (χ4v) is 2.49. The molecule has 0 bridgehead atoms. The fourth-order valence-electron chi connectivity index (χ4n) is 2.30. The number of hydrogen-bond acceptors (Lipinski definition) is 3. The van der Waals surface area contributed by atoms with Crippen molar-refractivity contribution in [3.63, 3.8) is 0 Å². The first-order chi connectivity index (χ1) is 9.58. The van der Waals surface area contributed by atoms with Gasteiger partial charge in [0, 0.05) is 19.3 Å². The normalized spacial score (nSPS) is 11.2. The zero-order valence-corrected chi connectivity index (χ0v) is 13.3. The molecule has 0 radical (unpaired) electrons. The minimum atomic E-state index is 0.708. The summed E-state index contributed by atoms with van der Waals surface area (Å²) < 4.78 is 4.16. The Morgan fingerprint density at radius 3 is 2.70 bits per heavy atom. The number of aromatic nitrogens is 4. The lowest BCUT2D eigenvalue weighted by Gasteiger charge is -2.12. The van der Waals surface area contributed by atoms with E-state index in [1.54, 1.807) is 0 Å². The van der Waals surface area contributed by atoms with Crippen molar-refractivity contribution in [3.8, 4) is 0 Å². The van der Waals surface area contributed by atoms with Gasteiger partial charge in [-0.3, -0.25) is 4.68 Å². The minimum absolute atomic E-state index is 0.708. The molecule has 0 spiro atoms. The first-order valence-corrected chi connectivity index (χ1v) is 7.39. The van der Waals surface area contributed by atoms with Gasteiger partial charge in [-0.25, -0.2) is 4.98 Å². The Bertz CT molecular complexity index is 585. The van der Waals surface area contributed by atoms with Gasteiger partial charge in [0.2, 0.25) is 0 Å². The number of rotatable bonds is 6. The Hall–Kier alpha value is -1.33. The van der Waals surface area contributed by atoms with Crippen molar-refractivity contribution in [2.75, 3.05) is 6.54 Å². The highest BCUT2D eigenvalue weighted by atomic mass is 35.5. The van der Waals surface area contributed by atoms with Crippen LogP contribution in [0.15, 0.2) is 6.20 Å². The number of nitrogens with zero attached hydrogens (tertiary/aromatic N) is 4. The van der Waals surface area contributed by atoms with E-state index in [1.165, 1.54) is 5.69 Å². The lowest BCUT2D eigenvalue weighted by atomic mass is 10.3. The molecule has 0 unspecified atom stereocenters. The Morgan fingerprint density at radius 1 is 1.30 bits per heavy atom. The highest BCUT2D eigenvalue weighted by Gasteiger charge is 2.15. The van der Waals surface area contributed by atoms with Gasteiger partial charge in [-0.05, 0) is 27.3 Å². The average molecular weight is 296 g/mol. The predicted octanol–water partition coefficient (Wildman–Crippen LogP) is 2.53. The predicted molar refractivity (Wildman–Crippen MR) is 81.1 cm³/mol. The highest BCUT2D eigenvalue weighted by Crippen LogP contribution is 2.22. The maximum Gasteiger partial charge on any atom is 0.106 e. The third-order valence-electron chi connectivity index (χ3n) is 3.45. The van der Waals surface area contributed by atoms with Gasteiger partial charge >= 0.3 is 0 Å². The van der Waals surface area contributed by atoms with Crippen molar-refractivity contribution < 1.29 is 0 Å². The van der Waals surface area contributed by atoms with Crippen molar-refractivity contribution in [2.45, 2.75) is 47.3 Å². The SMILES string of the molecule is CCNCc1cnc(C)n1Cc1c(Cl)c(C)nn1CC. The molecule has 5 nitrogen and oxygen atoms in total. The number of hydrogen-bond donors (Lipinski definition) is 1. The van der Waals surface area contributed by atoms with Gasteiger partial charge in [0.25, 0.3) is 0 Å². The van der Waals surface area contributed by atoms with Crippen LogP contribution < -0.4 is 5.32 Å². The summed E-state index contributed by atoms with van der Waals surface area (Å²) in [5, 5.41) is 8.56. The van der Waals surface area contributed by atoms with Crippen LogP contribution in [0.5, 0.6) is 0 Å². The van der Waals surface area contributed by atoms with E-state index in [9.17, 15) is 0 Å². The lowest BCUT2D eigenvalue weighted by Crippen LogP contribution is -2.17. The Labute approximate surface area is 125 Å². The van der Waals surface area contributed by atoms with E-state index in [2.05, 4.69) is 33.8 Å². The molecule has 110 valence electrons. The molecule has 0 atom stereocenters. The monoisotopic (exact) mass is 295 g/mol. The summed E-state index contributed by atoms with van der Waals surface area (Å²) in [5.41, 5.74) is 3.10. The van der Waals surface area contributed by atoms with E-state index in [0.717, 1.165) is 41.9 Å². The molecule has 0 amide bonds. The molecule has 2 heterocycles. The van der Waals surface area contributed by atoms with Crippen LogP contribution in [0.1, 0.15) is 36.8 Å². The molecule has 2 rings (SSSR count). The maximum absolute atomic E-state index is 6.39. The zero-order valence-electron chi connectivity index (χ0n) is 12.6. The molecular weight excluding hydrogens is 274 g/mol. The van der Waals surface area contributed by atoms with Crippen LogP contribution in [0, 0.1) is 13.8 Å². The first kappa shape index (κ1) is 15.1. The van der Waals surface area contributed by atoms with Crippen molar-refractivity contribution in [2.24, 2.45) is 0 Å². The van der Waals surface area contributed by atoms with E-state index in [1.807, 2.05) is 24.7 Å². The van der Waals surface area contributed by atoms with Gasteiger partial charge in [-0.1, -0.05) is 18.5 Å². The molecule has 2 aromatic rings. The van der Waals surface area contributed by atoms with Crippen LogP contribution in [0.3, 0.4) is 0 Å². The summed E-state index contributed by atoms with van der Waals surface area (Å²) in [6.07, 6.45) is 1.92. The number of aryl methyl sites for hydroxylation is 3. The molecule has 0 aliphatic rings. The molecule has 0 aromatic carbocycles. The molecule has 20 heavy (non-hydrogen) atoms. The zero-order chi connectivity index (χ0) is 14.7. The average Bonchev–Trinajstić information content (AvgIpc) is 2.92. The van der Waals surface area contributed by atoms with Gasteiger partial charge in [0.15, 0.2) is 0 Å². The van der Waals surface area contributed by atoms with Gasteiger partial charge in [-0.2, -0.15) is 5.10 Å². The third kappa shape index (κ3) is 2.88. The number of imidazole rings is 1. The van der Waals surface area contributed by atoms with Crippen molar-refractivity contribution in [1.82, 2.24) is 24.6 Å². The van der Waals surface area contributed by atoms with Crippen LogP contribution in [0.25, 0.3) is 0 Å². The molecule has 0 saturated carbocycles. The summed E-state index contributed by atoms with van der Waals surface area (Å²) in [7, 11) is 0. The minimum Gasteiger partial charge on any atom is -0.325 e. The lowest BCUT2D eigenvalue weighted by molar-refractivity contribution is 0.576. The molecule has 0 aliphatic carbocycles. The molecule has 6 heteroatoms. The topological polar surface area (TPSA) is 47.7 Å². The molecule has 0 aliphatic heterocycles. The largest absolute Gasteiger partial charge is 0.325 e. The van der Waals surface area contributed by atoms with Gasteiger partial charge in [0.1, 0.15) is 5.82 Å². The Balaban J connectivity index is 2.32. The standard InChI is InChI=1S/C14H22ClN5/c1-5-16-7-12-8-17-11(4)19(12)9-13-14(15)10(3)18-20(13)6-2/h8,16H,5-7,9H2,1-4H3. The molecule has 2 aromatic heterocycles. The second-order valence-electron chi connectivity index (χ2n) is 4.83. The Kier molecular flexibility index (Phi) is 4.83. The van der Waals surface area contributed by atoms with Crippen LogP contribution in [0.4, 0.5) is 0 Å². The third-order valence-corrected chi connectivity index (χ3v) is 3.95. The molecule has 0 saturated heterocycles. The summed E-state index contributed by atoms with van der Waals surface area (Å²) in [4.78, 5) is 4.41. The quantitative estimate of drug-likeness (QED) is 0.891. The van der Waals surface area contributed by atoms with Gasteiger partial charge in [-0.15, -0.1) is 0 Å². The van der Waals surface area contributed by atoms with Crippen molar-refractivity contribution in [1.29, 1.82) is 0 Å². The fraction of sp³-hybridized carbons (Fsp3) is 0.571. The molecule has 1 N–H and O–H groups in total. The van der Waals surface area contributed by atoms with E-state index < -0.39 is 0 Å². The Morgan fingerprint density at radius 2 is 2.05 bits per heavy atom. The van der Waals surface area contributed by atoms with E-state index in [4.69, 9.17) is 11.6 Å². The van der Waals surface area contributed by atoms with Gasteiger partial charge < -0.3 is 9.88 Å². The summed E-state index contributed by atoms with van der Waals surface area (Å²) >= 11 is 6.39. The van der Waals surface area contributed by atoms with E-state index in [0.29, 0.717) is 6.54 Å². The molecular formula is C14H22ClN5. The van der Waals surface area contributed by atoms with Crippen LogP contribution in [-0.2, 0) is 19.6 Å². The maximum atomic E-state index is 6.39. The second kappa shape index (κ2) is 6.41.